The summed E-state index contributed by atoms with van der Waals surface area (Å²) < 4.78 is 23.9. The minimum atomic E-state index is -3.32. The maximum atomic E-state index is 12.0. The van der Waals surface area contributed by atoms with E-state index in [1.165, 1.54) is 6.20 Å². The van der Waals surface area contributed by atoms with Crippen molar-refractivity contribution in [3.05, 3.63) is 23.9 Å². The predicted molar refractivity (Wildman–Crippen MR) is 61.0 cm³/mol. The Morgan fingerprint density at radius 2 is 2.20 bits per heavy atom. The number of aromatic nitrogens is 1. The molecule has 5 heteroatoms. The first-order chi connectivity index (χ1) is 6.98. The standard InChI is InChI=1S/C10H14ClNO2S/c1-8-4-6-12-10(7-8)15(13,14)9(2)3-5-11/h4,6-7,9H,3,5H2,1-2H3. The molecule has 15 heavy (non-hydrogen) atoms. The molecule has 0 radical (unpaired) electrons. The van der Waals surface area contributed by atoms with Crippen LogP contribution in [0.3, 0.4) is 0 Å². The second-order valence-electron chi connectivity index (χ2n) is 3.50. The van der Waals surface area contributed by atoms with E-state index in [4.69, 9.17) is 11.6 Å². The van der Waals surface area contributed by atoms with Crippen molar-refractivity contribution in [1.82, 2.24) is 4.98 Å². The van der Waals surface area contributed by atoms with E-state index in [0.29, 0.717) is 12.3 Å². The van der Waals surface area contributed by atoms with E-state index in [-0.39, 0.29) is 5.03 Å². The topological polar surface area (TPSA) is 47.0 Å². The van der Waals surface area contributed by atoms with Crippen LogP contribution >= 0.6 is 11.6 Å². The second kappa shape index (κ2) is 4.94. The van der Waals surface area contributed by atoms with Crippen LogP contribution < -0.4 is 0 Å². The Bertz CT molecular complexity index is 431. The van der Waals surface area contributed by atoms with Gasteiger partial charge >= 0.3 is 0 Å². The van der Waals surface area contributed by atoms with Gasteiger partial charge in [-0.25, -0.2) is 13.4 Å². The Morgan fingerprint density at radius 3 is 2.73 bits per heavy atom. The van der Waals surface area contributed by atoms with Gasteiger partial charge in [-0.15, -0.1) is 11.6 Å². The molecule has 1 aromatic heterocycles. The van der Waals surface area contributed by atoms with Crippen LogP contribution in [0.25, 0.3) is 0 Å². The van der Waals surface area contributed by atoms with Crippen LogP contribution in [0.1, 0.15) is 18.9 Å². The SMILES string of the molecule is Cc1ccnc(S(=O)(=O)C(C)CCCl)c1. The first-order valence-electron chi connectivity index (χ1n) is 4.71. The highest BCUT2D eigenvalue weighted by atomic mass is 35.5. The maximum Gasteiger partial charge on any atom is 0.198 e. The molecule has 0 bridgehead atoms. The van der Waals surface area contributed by atoms with Gasteiger partial charge < -0.3 is 0 Å². The lowest BCUT2D eigenvalue weighted by Crippen LogP contribution is -2.19. The molecule has 1 aromatic rings. The third-order valence-corrected chi connectivity index (χ3v) is 4.55. The highest BCUT2D eigenvalue weighted by molar-refractivity contribution is 7.92. The zero-order chi connectivity index (χ0) is 11.5. The fourth-order valence-electron chi connectivity index (χ4n) is 1.18. The zero-order valence-electron chi connectivity index (χ0n) is 8.77. The summed E-state index contributed by atoms with van der Waals surface area (Å²) in [5.41, 5.74) is 0.890. The molecule has 0 fully saturated rings. The summed E-state index contributed by atoms with van der Waals surface area (Å²) >= 11 is 5.54. The lowest BCUT2D eigenvalue weighted by molar-refractivity contribution is 0.577. The summed E-state index contributed by atoms with van der Waals surface area (Å²) in [5, 5.41) is -0.343. The first-order valence-corrected chi connectivity index (χ1v) is 6.79. The number of aryl methyl sites for hydroxylation is 1. The summed E-state index contributed by atoms with van der Waals surface area (Å²) in [6.45, 7) is 3.49. The molecule has 0 saturated heterocycles. The number of sulfone groups is 1. The molecular formula is C10H14ClNO2S. The average Bonchev–Trinajstić information content (AvgIpc) is 2.18. The van der Waals surface area contributed by atoms with Crippen LogP contribution in [-0.2, 0) is 9.84 Å². The second-order valence-corrected chi connectivity index (χ2v) is 6.20. The number of nitrogens with zero attached hydrogens (tertiary/aromatic N) is 1. The Balaban J connectivity index is 3.06. The van der Waals surface area contributed by atoms with E-state index in [1.807, 2.05) is 6.92 Å². The van der Waals surface area contributed by atoms with Gasteiger partial charge in [0, 0.05) is 12.1 Å². The Morgan fingerprint density at radius 1 is 1.53 bits per heavy atom. The van der Waals surface area contributed by atoms with Crippen LogP contribution in [0.5, 0.6) is 0 Å². The van der Waals surface area contributed by atoms with E-state index in [2.05, 4.69) is 4.98 Å². The first kappa shape index (κ1) is 12.5. The Labute approximate surface area is 95.4 Å². The molecule has 1 rings (SSSR count). The average molecular weight is 248 g/mol. The fourth-order valence-corrected chi connectivity index (χ4v) is 3.03. The number of alkyl halides is 1. The van der Waals surface area contributed by atoms with Crippen molar-refractivity contribution >= 4 is 21.4 Å². The molecule has 0 aliphatic carbocycles. The predicted octanol–water partition coefficient (Wildman–Crippen LogP) is 2.18. The molecule has 0 N–H and O–H groups in total. The summed E-state index contributed by atoms with van der Waals surface area (Å²) in [6.07, 6.45) is 1.95. The summed E-state index contributed by atoms with van der Waals surface area (Å²) in [6, 6.07) is 3.35. The van der Waals surface area contributed by atoms with Gasteiger partial charge in [-0.1, -0.05) is 0 Å². The van der Waals surface area contributed by atoms with Crippen molar-refractivity contribution in [1.29, 1.82) is 0 Å². The van der Waals surface area contributed by atoms with E-state index >= 15 is 0 Å². The van der Waals surface area contributed by atoms with Crippen molar-refractivity contribution < 1.29 is 8.42 Å². The smallest absolute Gasteiger partial charge is 0.198 e. The molecule has 0 amide bonds. The van der Waals surface area contributed by atoms with Crippen molar-refractivity contribution in [3.63, 3.8) is 0 Å². The molecular weight excluding hydrogens is 234 g/mol. The van der Waals surface area contributed by atoms with E-state index in [9.17, 15) is 8.42 Å². The summed E-state index contributed by atoms with van der Waals surface area (Å²) in [7, 11) is -3.32. The third kappa shape index (κ3) is 2.92. The lowest BCUT2D eigenvalue weighted by atomic mass is 10.3. The van der Waals surface area contributed by atoms with Crippen molar-refractivity contribution in [3.8, 4) is 0 Å². The zero-order valence-corrected chi connectivity index (χ0v) is 10.3. The minimum Gasteiger partial charge on any atom is -0.245 e. The number of rotatable bonds is 4. The van der Waals surface area contributed by atoms with Gasteiger partial charge in [-0.3, -0.25) is 0 Å². The van der Waals surface area contributed by atoms with Gasteiger partial charge in [0.15, 0.2) is 14.9 Å². The summed E-state index contributed by atoms with van der Waals surface area (Å²) in [5.74, 6) is 0.339. The van der Waals surface area contributed by atoms with Gasteiger partial charge in [0.25, 0.3) is 0 Å². The molecule has 0 aromatic carbocycles. The van der Waals surface area contributed by atoms with Crippen LogP contribution in [0.4, 0.5) is 0 Å². The van der Waals surface area contributed by atoms with Gasteiger partial charge in [0.1, 0.15) is 0 Å². The van der Waals surface area contributed by atoms with Crippen LogP contribution in [0.2, 0.25) is 0 Å². The minimum absolute atomic E-state index is 0.139. The van der Waals surface area contributed by atoms with Crippen molar-refractivity contribution in [2.24, 2.45) is 0 Å². The van der Waals surface area contributed by atoms with Gasteiger partial charge in [-0.2, -0.15) is 0 Å². The molecule has 0 aliphatic heterocycles. The van der Waals surface area contributed by atoms with E-state index in [1.54, 1.807) is 19.1 Å². The number of halogens is 1. The Hall–Kier alpha value is -0.610. The molecule has 84 valence electrons. The largest absolute Gasteiger partial charge is 0.245 e. The summed E-state index contributed by atoms with van der Waals surface area (Å²) in [4.78, 5) is 3.88. The molecule has 0 saturated carbocycles. The van der Waals surface area contributed by atoms with E-state index in [0.717, 1.165) is 5.56 Å². The monoisotopic (exact) mass is 247 g/mol. The number of pyridine rings is 1. The van der Waals surface area contributed by atoms with Crippen molar-refractivity contribution in [2.45, 2.75) is 30.5 Å². The normalized spacial score (nSPS) is 13.8. The van der Waals surface area contributed by atoms with Gasteiger partial charge in [0.05, 0.1) is 5.25 Å². The molecule has 0 aliphatic rings. The molecule has 1 heterocycles. The van der Waals surface area contributed by atoms with Crippen LogP contribution in [0, 0.1) is 6.92 Å². The van der Waals surface area contributed by atoms with Crippen LogP contribution in [0.15, 0.2) is 23.4 Å². The molecule has 3 nitrogen and oxygen atoms in total. The van der Waals surface area contributed by atoms with Gasteiger partial charge in [0.2, 0.25) is 0 Å². The third-order valence-electron chi connectivity index (χ3n) is 2.23. The van der Waals surface area contributed by atoms with E-state index < -0.39 is 15.1 Å². The molecule has 1 atom stereocenters. The molecule has 1 unspecified atom stereocenters. The van der Waals surface area contributed by atoms with Gasteiger partial charge in [-0.05, 0) is 38.0 Å². The number of hydrogen-bond acceptors (Lipinski definition) is 3. The fraction of sp³-hybridized carbons (Fsp3) is 0.500. The highest BCUT2D eigenvalue weighted by Gasteiger charge is 2.23. The lowest BCUT2D eigenvalue weighted by Gasteiger charge is -2.10. The number of hydrogen-bond donors (Lipinski definition) is 0. The van der Waals surface area contributed by atoms with Crippen molar-refractivity contribution in [2.75, 3.05) is 5.88 Å². The highest BCUT2D eigenvalue weighted by Crippen LogP contribution is 2.17. The van der Waals surface area contributed by atoms with Crippen LogP contribution in [-0.4, -0.2) is 24.5 Å². The quantitative estimate of drug-likeness (QED) is 0.767. The Kier molecular flexibility index (Phi) is 4.11. The maximum absolute atomic E-state index is 12.0. The molecule has 0 spiro atoms.